The van der Waals surface area contributed by atoms with E-state index >= 15 is 0 Å². The summed E-state index contributed by atoms with van der Waals surface area (Å²) in [7, 11) is 0. The van der Waals surface area contributed by atoms with Crippen LogP contribution in [0.2, 0.25) is 0 Å². The van der Waals surface area contributed by atoms with Gasteiger partial charge in [0.2, 0.25) is 0 Å². The zero-order chi connectivity index (χ0) is 11.4. The summed E-state index contributed by atoms with van der Waals surface area (Å²) in [6.45, 7) is 3.75. The summed E-state index contributed by atoms with van der Waals surface area (Å²) in [5.74, 6) is 1.98. The van der Waals surface area contributed by atoms with Crippen molar-refractivity contribution < 1.29 is 4.42 Å². The highest BCUT2D eigenvalue weighted by atomic mass is 79.9. The average Bonchev–Trinajstić information content (AvgIpc) is 2.83. The predicted octanol–water partition coefficient (Wildman–Crippen LogP) is 3.74. The Balaban J connectivity index is 1.69. The van der Waals surface area contributed by atoms with E-state index in [0.717, 1.165) is 31.0 Å². The van der Waals surface area contributed by atoms with Gasteiger partial charge in [0, 0.05) is 11.4 Å². The maximum atomic E-state index is 5.47. The van der Waals surface area contributed by atoms with Crippen LogP contribution >= 0.6 is 27.3 Å². The molecular weight excluding hydrogens is 286 g/mol. The fourth-order valence-electron chi connectivity index (χ4n) is 1.49. The molecule has 0 bridgehead atoms. The largest absolute Gasteiger partial charge is 0.465 e. The summed E-state index contributed by atoms with van der Waals surface area (Å²) in [5, 5.41) is 3.37. The molecule has 2 aromatic rings. The predicted molar refractivity (Wildman–Crippen MR) is 70.9 cm³/mol. The molecule has 16 heavy (non-hydrogen) atoms. The lowest BCUT2D eigenvalue weighted by Crippen LogP contribution is -2.15. The van der Waals surface area contributed by atoms with Gasteiger partial charge in [0.25, 0.3) is 0 Å². The standard InChI is InChI=1S/C12H14BrNOS/c1-9-2-3-10(15-9)8-14-7-6-11-4-5-12(13)16-11/h2-5,14H,6-8H2,1H3. The van der Waals surface area contributed by atoms with E-state index < -0.39 is 0 Å². The fourth-order valence-corrected chi connectivity index (χ4v) is 2.97. The van der Waals surface area contributed by atoms with Crippen LogP contribution in [0.1, 0.15) is 16.4 Å². The molecule has 86 valence electrons. The van der Waals surface area contributed by atoms with Gasteiger partial charge >= 0.3 is 0 Å². The minimum atomic E-state index is 0.806. The minimum Gasteiger partial charge on any atom is -0.465 e. The van der Waals surface area contributed by atoms with Crippen molar-refractivity contribution >= 4 is 27.3 Å². The first-order chi connectivity index (χ1) is 7.74. The molecule has 0 aliphatic heterocycles. The van der Waals surface area contributed by atoms with Crippen LogP contribution < -0.4 is 5.32 Å². The van der Waals surface area contributed by atoms with E-state index in [4.69, 9.17) is 4.42 Å². The van der Waals surface area contributed by atoms with E-state index in [1.807, 2.05) is 19.1 Å². The molecule has 2 heterocycles. The number of nitrogens with one attached hydrogen (secondary N) is 1. The second kappa shape index (κ2) is 5.66. The van der Waals surface area contributed by atoms with Gasteiger partial charge in [-0.2, -0.15) is 0 Å². The zero-order valence-corrected chi connectivity index (χ0v) is 11.5. The van der Waals surface area contributed by atoms with Gasteiger partial charge in [-0.3, -0.25) is 0 Å². The monoisotopic (exact) mass is 299 g/mol. The third-order valence-electron chi connectivity index (χ3n) is 2.27. The summed E-state index contributed by atoms with van der Waals surface area (Å²) in [4.78, 5) is 1.40. The molecule has 0 fully saturated rings. The molecule has 0 saturated carbocycles. The number of aryl methyl sites for hydroxylation is 1. The smallest absolute Gasteiger partial charge is 0.117 e. The van der Waals surface area contributed by atoms with Crippen molar-refractivity contribution in [1.29, 1.82) is 0 Å². The fraction of sp³-hybridized carbons (Fsp3) is 0.333. The van der Waals surface area contributed by atoms with E-state index in [2.05, 4.69) is 33.4 Å². The lowest BCUT2D eigenvalue weighted by molar-refractivity contribution is 0.463. The van der Waals surface area contributed by atoms with E-state index in [9.17, 15) is 0 Å². The Labute approximate surface area is 108 Å². The number of halogens is 1. The van der Waals surface area contributed by atoms with Crippen molar-refractivity contribution in [3.63, 3.8) is 0 Å². The van der Waals surface area contributed by atoms with Gasteiger partial charge in [0.15, 0.2) is 0 Å². The minimum absolute atomic E-state index is 0.806. The van der Waals surface area contributed by atoms with Crippen LogP contribution in [0.15, 0.2) is 32.5 Å². The SMILES string of the molecule is Cc1ccc(CNCCc2ccc(Br)s2)o1. The van der Waals surface area contributed by atoms with Crippen molar-refractivity contribution in [3.8, 4) is 0 Å². The van der Waals surface area contributed by atoms with Crippen molar-refractivity contribution in [1.82, 2.24) is 5.32 Å². The van der Waals surface area contributed by atoms with E-state index in [0.29, 0.717) is 0 Å². The molecular formula is C12H14BrNOS. The topological polar surface area (TPSA) is 25.2 Å². The highest BCUT2D eigenvalue weighted by Crippen LogP contribution is 2.22. The van der Waals surface area contributed by atoms with Crippen LogP contribution in [0, 0.1) is 6.92 Å². The molecule has 0 unspecified atom stereocenters. The molecule has 0 atom stereocenters. The van der Waals surface area contributed by atoms with Gasteiger partial charge in [-0.1, -0.05) is 0 Å². The van der Waals surface area contributed by atoms with Gasteiger partial charge in [0.1, 0.15) is 11.5 Å². The zero-order valence-electron chi connectivity index (χ0n) is 9.13. The van der Waals surface area contributed by atoms with Crippen LogP contribution in [-0.4, -0.2) is 6.54 Å². The van der Waals surface area contributed by atoms with Crippen LogP contribution in [0.5, 0.6) is 0 Å². The average molecular weight is 300 g/mol. The number of hydrogen-bond donors (Lipinski definition) is 1. The molecule has 4 heteroatoms. The Kier molecular flexibility index (Phi) is 4.21. The molecule has 2 nitrogen and oxygen atoms in total. The van der Waals surface area contributed by atoms with Gasteiger partial charge in [0.05, 0.1) is 10.3 Å². The maximum Gasteiger partial charge on any atom is 0.117 e. The third-order valence-corrected chi connectivity index (χ3v) is 3.96. The van der Waals surface area contributed by atoms with Gasteiger partial charge in [-0.15, -0.1) is 11.3 Å². The number of furan rings is 1. The second-order valence-electron chi connectivity index (χ2n) is 3.64. The van der Waals surface area contributed by atoms with Crippen LogP contribution in [0.25, 0.3) is 0 Å². The Hall–Kier alpha value is -0.580. The molecule has 1 N–H and O–H groups in total. The first-order valence-corrected chi connectivity index (χ1v) is 6.85. The molecule has 0 aliphatic rings. The lowest BCUT2D eigenvalue weighted by Gasteiger charge is -2.00. The molecule has 0 aromatic carbocycles. The highest BCUT2D eigenvalue weighted by molar-refractivity contribution is 9.11. The van der Waals surface area contributed by atoms with Crippen molar-refractivity contribution in [2.24, 2.45) is 0 Å². The van der Waals surface area contributed by atoms with Crippen molar-refractivity contribution in [2.45, 2.75) is 19.9 Å². The quantitative estimate of drug-likeness (QED) is 0.851. The number of hydrogen-bond acceptors (Lipinski definition) is 3. The van der Waals surface area contributed by atoms with Crippen LogP contribution in [-0.2, 0) is 13.0 Å². The maximum absolute atomic E-state index is 5.47. The van der Waals surface area contributed by atoms with Crippen molar-refractivity contribution in [2.75, 3.05) is 6.54 Å². The second-order valence-corrected chi connectivity index (χ2v) is 6.19. The van der Waals surface area contributed by atoms with Gasteiger partial charge in [-0.05, 0) is 53.5 Å². The Morgan fingerprint density at radius 2 is 2.19 bits per heavy atom. The third kappa shape index (κ3) is 3.47. The molecule has 0 spiro atoms. The summed E-state index contributed by atoms with van der Waals surface area (Å²) < 4.78 is 6.67. The van der Waals surface area contributed by atoms with Crippen molar-refractivity contribution in [3.05, 3.63) is 44.4 Å². The summed E-state index contributed by atoms with van der Waals surface area (Å²) in [6.07, 6.45) is 1.07. The Morgan fingerprint density at radius 1 is 1.31 bits per heavy atom. The Morgan fingerprint density at radius 3 is 2.81 bits per heavy atom. The first-order valence-electron chi connectivity index (χ1n) is 5.24. The molecule has 0 saturated heterocycles. The van der Waals surface area contributed by atoms with Gasteiger partial charge in [-0.25, -0.2) is 0 Å². The van der Waals surface area contributed by atoms with E-state index in [-0.39, 0.29) is 0 Å². The van der Waals surface area contributed by atoms with Crippen LogP contribution in [0.4, 0.5) is 0 Å². The van der Waals surface area contributed by atoms with Gasteiger partial charge < -0.3 is 9.73 Å². The normalized spacial score (nSPS) is 10.9. The van der Waals surface area contributed by atoms with E-state index in [1.54, 1.807) is 11.3 Å². The molecule has 2 aromatic heterocycles. The lowest BCUT2D eigenvalue weighted by atomic mass is 10.3. The van der Waals surface area contributed by atoms with Crippen LogP contribution in [0.3, 0.4) is 0 Å². The molecule has 2 rings (SSSR count). The molecule has 0 aliphatic carbocycles. The number of rotatable bonds is 5. The Bertz CT molecular complexity index is 407. The first kappa shape index (κ1) is 11.9. The van der Waals surface area contributed by atoms with E-state index in [1.165, 1.54) is 8.66 Å². The molecule has 0 radical (unpaired) electrons. The summed E-state index contributed by atoms with van der Waals surface area (Å²) in [5.41, 5.74) is 0. The number of thiophene rings is 1. The highest BCUT2D eigenvalue weighted by Gasteiger charge is 1.99. The molecule has 0 amide bonds. The summed E-state index contributed by atoms with van der Waals surface area (Å²) >= 11 is 5.26. The summed E-state index contributed by atoms with van der Waals surface area (Å²) in [6, 6.07) is 8.26.